The van der Waals surface area contributed by atoms with Crippen LogP contribution in [-0.2, 0) is 4.43 Å². The molecule has 5 heteroatoms. The van der Waals surface area contributed by atoms with Crippen LogP contribution in [0.5, 0.6) is 5.75 Å². The van der Waals surface area contributed by atoms with Gasteiger partial charge in [-0.05, 0) is 65.4 Å². The summed E-state index contributed by atoms with van der Waals surface area (Å²) in [5, 5.41) is 0.692. The SMILES string of the molecule is C[Si](C)O/C(I)=C\[C@@H](COc1cccc(Cl)c1)C(C)(C)C. The lowest BCUT2D eigenvalue weighted by atomic mass is 9.81. The molecular weight excluding hydrogens is 415 g/mol. The first-order chi connectivity index (χ1) is 9.68. The maximum absolute atomic E-state index is 5.98. The van der Waals surface area contributed by atoms with Crippen molar-refractivity contribution in [2.24, 2.45) is 11.3 Å². The normalized spacial score (nSPS) is 14.2. The van der Waals surface area contributed by atoms with Gasteiger partial charge < -0.3 is 9.16 Å². The lowest BCUT2D eigenvalue weighted by Crippen LogP contribution is -2.25. The van der Waals surface area contributed by atoms with E-state index in [1.54, 1.807) is 0 Å². The van der Waals surface area contributed by atoms with Crippen molar-refractivity contribution in [3.63, 3.8) is 0 Å². The standard InChI is InChI=1S/C16H23ClIO2Si/c1-16(2,3)12(9-15(18)20-21(4)5)11-19-14-8-6-7-13(17)10-14/h6-10,12H,11H2,1-5H3/b15-9-/t12-/m0/s1. The Labute approximate surface area is 148 Å². The van der Waals surface area contributed by atoms with E-state index in [1.807, 2.05) is 24.3 Å². The van der Waals surface area contributed by atoms with E-state index in [-0.39, 0.29) is 11.3 Å². The summed E-state index contributed by atoms with van der Waals surface area (Å²) in [5.74, 6) is 1.07. The van der Waals surface area contributed by atoms with E-state index in [4.69, 9.17) is 20.8 Å². The molecule has 0 aliphatic heterocycles. The van der Waals surface area contributed by atoms with Crippen LogP contribution in [0, 0.1) is 11.3 Å². The van der Waals surface area contributed by atoms with E-state index in [0.29, 0.717) is 11.6 Å². The van der Waals surface area contributed by atoms with Gasteiger partial charge in [-0.15, -0.1) is 0 Å². The van der Waals surface area contributed by atoms with E-state index in [2.05, 4.69) is 62.5 Å². The summed E-state index contributed by atoms with van der Waals surface area (Å²) in [5.41, 5.74) is 0.104. The second-order valence-electron chi connectivity index (χ2n) is 6.22. The highest BCUT2D eigenvalue weighted by molar-refractivity contribution is 14.1. The molecule has 1 aromatic carbocycles. The maximum Gasteiger partial charge on any atom is 0.274 e. The molecule has 0 heterocycles. The molecular formula is C16H23ClIO2Si. The monoisotopic (exact) mass is 437 g/mol. The first kappa shape index (κ1) is 18.8. The van der Waals surface area contributed by atoms with Gasteiger partial charge in [0, 0.05) is 10.9 Å². The Hall–Kier alpha value is -0.203. The van der Waals surface area contributed by atoms with Crippen LogP contribution in [0.25, 0.3) is 0 Å². The van der Waals surface area contributed by atoms with E-state index in [1.165, 1.54) is 0 Å². The van der Waals surface area contributed by atoms with Gasteiger partial charge in [0.05, 0.1) is 6.61 Å². The Balaban J connectivity index is 2.76. The molecule has 21 heavy (non-hydrogen) atoms. The number of rotatable bonds is 6. The van der Waals surface area contributed by atoms with Gasteiger partial charge in [-0.1, -0.05) is 38.4 Å². The van der Waals surface area contributed by atoms with Crippen molar-refractivity contribution in [2.75, 3.05) is 6.61 Å². The summed E-state index contributed by atoms with van der Waals surface area (Å²) >= 11 is 8.24. The lowest BCUT2D eigenvalue weighted by Gasteiger charge is -2.28. The summed E-state index contributed by atoms with van der Waals surface area (Å²) in [4.78, 5) is 0. The third kappa shape index (κ3) is 7.56. The molecule has 2 nitrogen and oxygen atoms in total. The molecule has 0 bridgehead atoms. The number of hydrogen-bond acceptors (Lipinski definition) is 2. The minimum Gasteiger partial charge on any atom is -0.539 e. The molecule has 0 fully saturated rings. The molecule has 1 atom stereocenters. The number of hydrogen-bond donors (Lipinski definition) is 0. The van der Waals surface area contributed by atoms with Gasteiger partial charge in [-0.25, -0.2) is 0 Å². The smallest absolute Gasteiger partial charge is 0.274 e. The summed E-state index contributed by atoms with van der Waals surface area (Å²) in [6.45, 7) is 11.5. The van der Waals surface area contributed by atoms with Crippen LogP contribution in [-0.4, -0.2) is 15.6 Å². The second-order valence-corrected chi connectivity index (χ2v) is 9.74. The topological polar surface area (TPSA) is 18.5 Å². The largest absolute Gasteiger partial charge is 0.539 e. The van der Waals surface area contributed by atoms with Crippen molar-refractivity contribution in [2.45, 2.75) is 33.9 Å². The number of ether oxygens (including phenoxy) is 1. The van der Waals surface area contributed by atoms with Crippen LogP contribution in [0.15, 0.2) is 34.1 Å². The van der Waals surface area contributed by atoms with Crippen LogP contribution >= 0.6 is 34.2 Å². The molecule has 0 aliphatic carbocycles. The van der Waals surface area contributed by atoms with Gasteiger partial charge >= 0.3 is 0 Å². The zero-order valence-corrected chi connectivity index (χ0v) is 17.2. The van der Waals surface area contributed by atoms with Crippen LogP contribution in [0.4, 0.5) is 0 Å². The highest BCUT2D eigenvalue weighted by Gasteiger charge is 2.24. The van der Waals surface area contributed by atoms with Crippen LogP contribution in [0.3, 0.4) is 0 Å². The Morgan fingerprint density at radius 1 is 1.38 bits per heavy atom. The van der Waals surface area contributed by atoms with Gasteiger partial charge in [0.1, 0.15) is 9.52 Å². The van der Waals surface area contributed by atoms with Crippen molar-refractivity contribution < 1.29 is 9.16 Å². The fraction of sp³-hybridized carbons (Fsp3) is 0.500. The summed E-state index contributed by atoms with van der Waals surface area (Å²) in [6.07, 6.45) is 2.17. The molecule has 1 rings (SSSR count). The van der Waals surface area contributed by atoms with E-state index in [0.717, 1.165) is 9.52 Å². The molecule has 0 saturated carbocycles. The summed E-state index contributed by atoms with van der Waals surface area (Å²) in [6, 6.07) is 7.51. The number of halogens is 2. The van der Waals surface area contributed by atoms with Gasteiger partial charge in [-0.3, -0.25) is 0 Å². The average Bonchev–Trinajstić information content (AvgIpc) is 2.32. The quantitative estimate of drug-likeness (QED) is 0.312. The zero-order valence-electron chi connectivity index (χ0n) is 13.2. The van der Waals surface area contributed by atoms with Gasteiger partial charge in [0.2, 0.25) is 0 Å². The summed E-state index contributed by atoms with van der Waals surface area (Å²) in [7, 11) is -0.730. The fourth-order valence-corrected chi connectivity index (χ4v) is 4.07. The van der Waals surface area contributed by atoms with Crippen molar-refractivity contribution in [1.29, 1.82) is 0 Å². The highest BCUT2D eigenvalue weighted by Crippen LogP contribution is 2.30. The Kier molecular flexibility index (Phi) is 7.57. The zero-order chi connectivity index (χ0) is 16.0. The molecule has 0 aromatic heterocycles. The maximum atomic E-state index is 5.98. The minimum absolute atomic E-state index is 0.104. The first-order valence-electron chi connectivity index (χ1n) is 6.92. The Bertz CT molecular complexity index is 483. The fourth-order valence-electron chi connectivity index (χ4n) is 1.68. The predicted molar refractivity (Wildman–Crippen MR) is 101 cm³/mol. The molecule has 0 unspecified atom stereocenters. The predicted octanol–water partition coefficient (Wildman–Crippen LogP) is 5.93. The molecule has 0 spiro atoms. The van der Waals surface area contributed by atoms with Crippen molar-refractivity contribution in [3.05, 3.63) is 39.1 Å². The Morgan fingerprint density at radius 2 is 2.05 bits per heavy atom. The number of benzene rings is 1. The van der Waals surface area contributed by atoms with Gasteiger partial charge in [0.25, 0.3) is 9.04 Å². The van der Waals surface area contributed by atoms with Crippen LogP contribution in [0.1, 0.15) is 20.8 Å². The lowest BCUT2D eigenvalue weighted by molar-refractivity contribution is 0.181. The van der Waals surface area contributed by atoms with Crippen molar-refractivity contribution in [1.82, 2.24) is 0 Å². The second kappa shape index (κ2) is 8.43. The van der Waals surface area contributed by atoms with Crippen LogP contribution in [0.2, 0.25) is 18.1 Å². The molecule has 0 N–H and O–H groups in total. The molecule has 117 valence electrons. The van der Waals surface area contributed by atoms with Crippen molar-refractivity contribution >= 4 is 43.2 Å². The van der Waals surface area contributed by atoms with E-state index in [9.17, 15) is 0 Å². The van der Waals surface area contributed by atoms with E-state index >= 15 is 0 Å². The van der Waals surface area contributed by atoms with Crippen LogP contribution < -0.4 is 4.74 Å². The van der Waals surface area contributed by atoms with Gasteiger partial charge in [-0.2, -0.15) is 0 Å². The molecule has 1 radical (unpaired) electrons. The van der Waals surface area contributed by atoms with Gasteiger partial charge in [0.15, 0.2) is 0 Å². The molecule has 1 aromatic rings. The third-order valence-corrected chi connectivity index (χ3v) is 4.83. The highest BCUT2D eigenvalue weighted by atomic mass is 127. The molecule has 0 amide bonds. The minimum atomic E-state index is -0.730. The van der Waals surface area contributed by atoms with E-state index < -0.39 is 9.04 Å². The summed E-state index contributed by atoms with van der Waals surface area (Å²) < 4.78 is 12.7. The first-order valence-corrected chi connectivity index (χ1v) is 10.8. The molecule has 0 aliphatic rings. The average molecular weight is 438 g/mol. The van der Waals surface area contributed by atoms with Crippen molar-refractivity contribution in [3.8, 4) is 5.75 Å². The Morgan fingerprint density at radius 3 is 2.57 bits per heavy atom. The molecule has 0 saturated heterocycles. The third-order valence-electron chi connectivity index (χ3n) is 2.97.